The zero-order valence-corrected chi connectivity index (χ0v) is 15.6. The molecule has 144 valence electrons. The molecule has 1 aliphatic heterocycles. The average molecular weight is 401 g/mol. The number of carbonyl (C=O) groups is 1. The highest BCUT2D eigenvalue weighted by Gasteiger charge is 2.20. The number of thioether (sulfide) groups is 1. The molecule has 0 spiro atoms. The van der Waals surface area contributed by atoms with Gasteiger partial charge in [0.25, 0.3) is 0 Å². The van der Waals surface area contributed by atoms with Crippen molar-refractivity contribution in [1.82, 2.24) is 4.98 Å². The fourth-order valence-electron chi connectivity index (χ4n) is 3.27. The summed E-state index contributed by atoms with van der Waals surface area (Å²) in [7, 11) is 0. The van der Waals surface area contributed by atoms with Crippen molar-refractivity contribution in [1.29, 1.82) is 0 Å². The van der Waals surface area contributed by atoms with Gasteiger partial charge in [-0.15, -0.1) is 0 Å². The summed E-state index contributed by atoms with van der Waals surface area (Å²) >= 11 is 1.86. The number of hydrogen-bond acceptors (Lipinski definition) is 5. The standard InChI is InChI=1S/C20H17F2N3O2S/c21-12-1-3-16-14(9-12)19(18(11-23-16)25-5-7-28-8-6-25)24-17-4-2-13(22)10-15(17)20(26)27/h1-4,9-11H,5-8H2,(H,23,24)(H,26,27). The van der Waals surface area contributed by atoms with Crippen molar-refractivity contribution in [3.05, 3.63) is 59.8 Å². The summed E-state index contributed by atoms with van der Waals surface area (Å²) in [5.41, 5.74) is 1.95. The summed E-state index contributed by atoms with van der Waals surface area (Å²) in [5.74, 6) is -0.389. The Morgan fingerprint density at radius 3 is 2.57 bits per heavy atom. The Kier molecular flexibility index (Phi) is 5.04. The van der Waals surface area contributed by atoms with Crippen LogP contribution >= 0.6 is 11.8 Å². The lowest BCUT2D eigenvalue weighted by atomic mass is 10.1. The number of aromatic carboxylic acids is 1. The second-order valence-electron chi connectivity index (χ2n) is 6.40. The van der Waals surface area contributed by atoms with Crippen molar-refractivity contribution >= 4 is 45.7 Å². The summed E-state index contributed by atoms with van der Waals surface area (Å²) in [6.45, 7) is 1.61. The van der Waals surface area contributed by atoms with E-state index in [0.717, 1.165) is 36.3 Å². The summed E-state index contributed by atoms with van der Waals surface area (Å²) in [6.07, 6.45) is 1.71. The average Bonchev–Trinajstić information content (AvgIpc) is 2.70. The van der Waals surface area contributed by atoms with Gasteiger partial charge in [0, 0.05) is 30.0 Å². The Morgan fingerprint density at radius 1 is 1.11 bits per heavy atom. The zero-order valence-electron chi connectivity index (χ0n) is 14.8. The molecule has 2 aromatic carbocycles. The minimum atomic E-state index is -1.25. The molecule has 1 aromatic heterocycles. The number of rotatable bonds is 4. The number of nitrogens with zero attached hydrogens (tertiary/aromatic N) is 2. The van der Waals surface area contributed by atoms with Gasteiger partial charge in [-0.2, -0.15) is 11.8 Å². The number of carboxylic acids is 1. The zero-order chi connectivity index (χ0) is 19.7. The molecule has 0 saturated carbocycles. The lowest BCUT2D eigenvalue weighted by molar-refractivity contribution is 0.0697. The molecule has 0 amide bonds. The normalized spacial score (nSPS) is 14.3. The van der Waals surface area contributed by atoms with E-state index in [4.69, 9.17) is 0 Å². The van der Waals surface area contributed by atoms with E-state index in [1.54, 1.807) is 12.3 Å². The lowest BCUT2D eigenvalue weighted by Crippen LogP contribution is -2.33. The molecule has 4 rings (SSSR count). The van der Waals surface area contributed by atoms with Gasteiger partial charge in [0.15, 0.2) is 0 Å². The van der Waals surface area contributed by atoms with Crippen LogP contribution in [0.1, 0.15) is 10.4 Å². The van der Waals surface area contributed by atoms with Crippen molar-refractivity contribution in [2.24, 2.45) is 0 Å². The highest BCUT2D eigenvalue weighted by Crippen LogP contribution is 2.37. The first-order chi connectivity index (χ1) is 13.5. The van der Waals surface area contributed by atoms with Crippen LogP contribution in [-0.2, 0) is 0 Å². The highest BCUT2D eigenvalue weighted by molar-refractivity contribution is 7.99. The Morgan fingerprint density at radius 2 is 1.82 bits per heavy atom. The third-order valence-electron chi connectivity index (χ3n) is 4.63. The number of fused-ring (bicyclic) bond motifs is 1. The van der Waals surface area contributed by atoms with Crippen LogP contribution in [0.2, 0.25) is 0 Å². The molecular weight excluding hydrogens is 384 g/mol. The third-order valence-corrected chi connectivity index (χ3v) is 5.58. The predicted octanol–water partition coefficient (Wildman–Crippen LogP) is 4.51. The van der Waals surface area contributed by atoms with Crippen molar-refractivity contribution < 1.29 is 18.7 Å². The molecule has 2 heterocycles. The van der Waals surface area contributed by atoms with Crippen LogP contribution < -0.4 is 10.2 Å². The van der Waals surface area contributed by atoms with Crippen LogP contribution in [0.15, 0.2) is 42.6 Å². The van der Waals surface area contributed by atoms with Crippen molar-refractivity contribution in [2.45, 2.75) is 0 Å². The number of pyridine rings is 1. The second kappa shape index (κ2) is 7.63. The van der Waals surface area contributed by atoms with E-state index in [0.29, 0.717) is 16.6 Å². The number of anilines is 3. The SMILES string of the molecule is O=C(O)c1cc(F)ccc1Nc1c(N2CCSCC2)cnc2ccc(F)cc12. The minimum absolute atomic E-state index is 0.193. The van der Waals surface area contributed by atoms with Gasteiger partial charge in [-0.1, -0.05) is 0 Å². The number of benzene rings is 2. The molecule has 0 bridgehead atoms. The first-order valence-electron chi connectivity index (χ1n) is 8.74. The smallest absolute Gasteiger partial charge is 0.337 e. The van der Waals surface area contributed by atoms with Gasteiger partial charge in [0.2, 0.25) is 0 Å². The fourth-order valence-corrected chi connectivity index (χ4v) is 4.17. The van der Waals surface area contributed by atoms with E-state index >= 15 is 0 Å². The Bertz CT molecular complexity index is 1060. The molecule has 3 aromatic rings. The van der Waals surface area contributed by atoms with Gasteiger partial charge in [-0.3, -0.25) is 4.98 Å². The molecular formula is C20H17F2N3O2S. The van der Waals surface area contributed by atoms with Gasteiger partial charge in [0.1, 0.15) is 11.6 Å². The Labute approximate surface area is 164 Å². The summed E-state index contributed by atoms with van der Waals surface area (Å²) in [5, 5.41) is 13.1. The predicted molar refractivity (Wildman–Crippen MR) is 108 cm³/mol. The van der Waals surface area contributed by atoms with Crippen molar-refractivity contribution in [3.8, 4) is 0 Å². The topological polar surface area (TPSA) is 65.5 Å². The van der Waals surface area contributed by atoms with E-state index in [1.807, 2.05) is 11.8 Å². The molecule has 0 unspecified atom stereocenters. The first-order valence-corrected chi connectivity index (χ1v) is 9.89. The molecule has 1 aliphatic rings. The number of aromatic nitrogens is 1. The molecule has 0 atom stereocenters. The van der Waals surface area contributed by atoms with Gasteiger partial charge < -0.3 is 15.3 Å². The van der Waals surface area contributed by atoms with Crippen LogP contribution in [-0.4, -0.2) is 40.7 Å². The Hall–Kier alpha value is -2.87. The molecule has 0 radical (unpaired) electrons. The fraction of sp³-hybridized carbons (Fsp3) is 0.200. The van der Waals surface area contributed by atoms with Gasteiger partial charge in [-0.25, -0.2) is 13.6 Å². The van der Waals surface area contributed by atoms with Crippen LogP contribution in [0.4, 0.5) is 25.8 Å². The largest absolute Gasteiger partial charge is 0.478 e. The maximum atomic E-state index is 14.0. The van der Waals surface area contributed by atoms with Gasteiger partial charge in [-0.05, 0) is 36.4 Å². The van der Waals surface area contributed by atoms with E-state index in [9.17, 15) is 18.7 Å². The van der Waals surface area contributed by atoms with Crippen molar-refractivity contribution in [3.63, 3.8) is 0 Å². The summed E-state index contributed by atoms with van der Waals surface area (Å²) in [4.78, 5) is 18.2. The molecule has 5 nitrogen and oxygen atoms in total. The molecule has 8 heteroatoms. The van der Waals surface area contributed by atoms with E-state index in [1.165, 1.54) is 24.3 Å². The quantitative estimate of drug-likeness (QED) is 0.671. The number of nitrogens with one attached hydrogen (secondary N) is 1. The van der Waals surface area contributed by atoms with E-state index in [2.05, 4.69) is 15.2 Å². The monoisotopic (exact) mass is 401 g/mol. The highest BCUT2D eigenvalue weighted by atomic mass is 32.2. The van der Waals surface area contributed by atoms with Crippen LogP contribution in [0, 0.1) is 11.6 Å². The molecule has 0 aliphatic carbocycles. The summed E-state index contributed by atoms with van der Waals surface area (Å²) < 4.78 is 27.5. The summed E-state index contributed by atoms with van der Waals surface area (Å²) in [6, 6.07) is 7.81. The third kappa shape index (κ3) is 3.60. The van der Waals surface area contributed by atoms with Crippen molar-refractivity contribution in [2.75, 3.05) is 34.8 Å². The molecule has 1 fully saturated rings. The number of hydrogen-bond donors (Lipinski definition) is 2. The Balaban J connectivity index is 1.88. The van der Waals surface area contributed by atoms with Gasteiger partial charge in [0.05, 0.1) is 34.3 Å². The molecule has 2 N–H and O–H groups in total. The molecule has 1 saturated heterocycles. The maximum Gasteiger partial charge on any atom is 0.337 e. The minimum Gasteiger partial charge on any atom is -0.478 e. The first kappa shape index (κ1) is 18.5. The van der Waals surface area contributed by atoms with Crippen LogP contribution in [0.5, 0.6) is 0 Å². The number of carboxylic acid groups (broad SMARTS) is 1. The maximum absolute atomic E-state index is 14.0. The second-order valence-corrected chi connectivity index (χ2v) is 7.62. The molecule has 28 heavy (non-hydrogen) atoms. The van der Waals surface area contributed by atoms with E-state index < -0.39 is 17.6 Å². The van der Waals surface area contributed by atoms with Crippen LogP contribution in [0.3, 0.4) is 0 Å². The lowest BCUT2D eigenvalue weighted by Gasteiger charge is -2.30. The number of halogens is 2. The van der Waals surface area contributed by atoms with Gasteiger partial charge >= 0.3 is 5.97 Å². The van der Waals surface area contributed by atoms with Crippen LogP contribution in [0.25, 0.3) is 10.9 Å². The van der Waals surface area contributed by atoms with E-state index in [-0.39, 0.29) is 11.3 Å².